The molecule has 1 aromatic carbocycles. The van der Waals surface area contributed by atoms with Crippen LogP contribution in [0.3, 0.4) is 0 Å². The van der Waals surface area contributed by atoms with Gasteiger partial charge in [-0.15, -0.1) is 0 Å². The van der Waals surface area contributed by atoms with Crippen molar-refractivity contribution in [2.24, 2.45) is 0 Å². The average Bonchev–Trinajstić information content (AvgIpc) is 2.60. The maximum absolute atomic E-state index is 12.1. The van der Waals surface area contributed by atoms with E-state index in [4.69, 9.17) is 32.7 Å². The van der Waals surface area contributed by atoms with Crippen molar-refractivity contribution in [1.29, 1.82) is 0 Å². The van der Waals surface area contributed by atoms with Crippen LogP contribution >= 0.6 is 23.2 Å². The molecule has 0 atom stereocenters. The van der Waals surface area contributed by atoms with E-state index in [1.807, 2.05) is 13.0 Å². The number of hydrogen-bond acceptors (Lipinski definition) is 5. The second kappa shape index (κ2) is 7.76. The van der Waals surface area contributed by atoms with Gasteiger partial charge in [0.05, 0.1) is 10.7 Å². The summed E-state index contributed by atoms with van der Waals surface area (Å²) in [6.45, 7) is 1.43. The second-order valence-electron chi connectivity index (χ2n) is 5.54. The van der Waals surface area contributed by atoms with Gasteiger partial charge in [-0.05, 0) is 36.8 Å². The van der Waals surface area contributed by atoms with E-state index in [9.17, 15) is 9.59 Å². The van der Waals surface area contributed by atoms with Crippen LogP contribution in [-0.2, 0) is 16.1 Å². The highest BCUT2D eigenvalue weighted by atomic mass is 35.5. The topological polar surface area (TPSA) is 69.9 Å². The van der Waals surface area contributed by atoms with Crippen molar-refractivity contribution in [3.63, 3.8) is 0 Å². The molecule has 0 amide bonds. The number of ether oxygens (including phenoxy) is 2. The Labute approximate surface area is 158 Å². The third-order valence-electron chi connectivity index (χ3n) is 3.48. The molecule has 0 unspecified atom stereocenters. The lowest BCUT2D eigenvalue weighted by molar-refractivity contribution is -0.147. The maximum atomic E-state index is 12.1. The minimum Gasteiger partial charge on any atom is -0.480 e. The van der Waals surface area contributed by atoms with Gasteiger partial charge in [0.15, 0.2) is 6.61 Å². The van der Waals surface area contributed by atoms with Crippen LogP contribution < -0.4 is 10.3 Å². The molecule has 0 N–H and O–H groups in total. The molecule has 0 aliphatic rings. The third kappa shape index (κ3) is 4.33. The smallest absolute Gasteiger partial charge is 0.344 e. The van der Waals surface area contributed by atoms with Crippen LogP contribution in [0.15, 0.2) is 47.4 Å². The van der Waals surface area contributed by atoms with Gasteiger partial charge in [0.1, 0.15) is 18.0 Å². The quantitative estimate of drug-likeness (QED) is 0.622. The molecule has 3 aromatic rings. The van der Waals surface area contributed by atoms with E-state index in [2.05, 4.69) is 4.98 Å². The van der Waals surface area contributed by atoms with Crippen molar-refractivity contribution >= 4 is 34.8 Å². The summed E-state index contributed by atoms with van der Waals surface area (Å²) in [4.78, 5) is 28.2. The number of esters is 1. The molecule has 0 radical (unpaired) electrons. The van der Waals surface area contributed by atoms with Crippen LogP contribution in [0.4, 0.5) is 0 Å². The highest BCUT2D eigenvalue weighted by Crippen LogP contribution is 2.27. The zero-order valence-corrected chi connectivity index (χ0v) is 15.3. The van der Waals surface area contributed by atoms with Crippen LogP contribution in [0.2, 0.25) is 10.0 Å². The fourth-order valence-corrected chi connectivity index (χ4v) is 2.72. The Morgan fingerprint density at radius 3 is 2.77 bits per heavy atom. The molecule has 2 aromatic heterocycles. The Kier molecular flexibility index (Phi) is 5.44. The number of benzene rings is 1. The summed E-state index contributed by atoms with van der Waals surface area (Å²) >= 11 is 11.8. The van der Waals surface area contributed by atoms with Gasteiger partial charge in [-0.2, -0.15) is 0 Å². The average molecular weight is 393 g/mol. The number of aryl methyl sites for hydroxylation is 1. The van der Waals surface area contributed by atoms with Gasteiger partial charge < -0.3 is 9.47 Å². The molecular weight excluding hydrogens is 379 g/mol. The summed E-state index contributed by atoms with van der Waals surface area (Å²) in [5, 5.41) is 0.763. The molecule has 3 rings (SSSR count). The fraction of sp³-hybridized carbons (Fsp3) is 0.167. The largest absolute Gasteiger partial charge is 0.480 e. The van der Waals surface area contributed by atoms with E-state index in [0.29, 0.717) is 27.1 Å². The van der Waals surface area contributed by atoms with Crippen molar-refractivity contribution in [2.75, 3.05) is 6.61 Å². The monoisotopic (exact) mass is 392 g/mol. The molecule has 26 heavy (non-hydrogen) atoms. The standard InChI is InChI=1S/C18H14Cl2N2O4/c1-11-2-5-16-21-13(7-17(23)22(16)8-11)9-26-18(24)10-25-15-4-3-12(19)6-14(15)20/h2-8H,9-10H2,1H3. The second-order valence-corrected chi connectivity index (χ2v) is 6.39. The molecule has 0 aliphatic heterocycles. The Bertz CT molecular complexity index is 1030. The molecular formula is C18H14Cl2N2O4. The van der Waals surface area contributed by atoms with Crippen LogP contribution in [0, 0.1) is 6.92 Å². The van der Waals surface area contributed by atoms with Crippen molar-refractivity contribution in [1.82, 2.24) is 9.38 Å². The lowest BCUT2D eigenvalue weighted by Crippen LogP contribution is -2.18. The summed E-state index contributed by atoms with van der Waals surface area (Å²) in [5.41, 5.74) is 1.54. The van der Waals surface area contributed by atoms with Gasteiger partial charge in [0, 0.05) is 17.3 Å². The summed E-state index contributed by atoms with van der Waals surface area (Å²) in [7, 11) is 0. The predicted molar refractivity (Wildman–Crippen MR) is 98.0 cm³/mol. The van der Waals surface area contributed by atoms with Gasteiger partial charge in [0.25, 0.3) is 5.56 Å². The Morgan fingerprint density at radius 1 is 1.19 bits per heavy atom. The van der Waals surface area contributed by atoms with E-state index in [1.54, 1.807) is 24.4 Å². The molecule has 6 nitrogen and oxygen atoms in total. The van der Waals surface area contributed by atoms with Crippen LogP contribution in [0.1, 0.15) is 11.3 Å². The Hall–Kier alpha value is -2.57. The number of hydrogen-bond donors (Lipinski definition) is 0. The summed E-state index contributed by atoms with van der Waals surface area (Å²) in [5.74, 6) is -0.285. The zero-order valence-electron chi connectivity index (χ0n) is 13.7. The van der Waals surface area contributed by atoms with Crippen LogP contribution in [-0.4, -0.2) is 22.0 Å². The number of nitrogens with zero attached hydrogens (tertiary/aromatic N) is 2. The lowest BCUT2D eigenvalue weighted by Gasteiger charge is -2.09. The minimum atomic E-state index is -0.609. The molecule has 134 valence electrons. The summed E-state index contributed by atoms with van der Waals surface area (Å²) < 4.78 is 11.8. The summed E-state index contributed by atoms with van der Waals surface area (Å²) in [6.07, 6.45) is 1.70. The van der Waals surface area contributed by atoms with Crippen LogP contribution in [0.5, 0.6) is 5.75 Å². The van der Waals surface area contributed by atoms with Crippen LogP contribution in [0.25, 0.3) is 5.65 Å². The molecule has 0 saturated heterocycles. The number of rotatable bonds is 5. The zero-order chi connectivity index (χ0) is 18.7. The first kappa shape index (κ1) is 18.2. The number of carbonyl (C=O) groups excluding carboxylic acids is 1. The summed E-state index contributed by atoms with van der Waals surface area (Å²) in [6, 6.07) is 9.58. The van der Waals surface area contributed by atoms with E-state index >= 15 is 0 Å². The number of aromatic nitrogens is 2. The van der Waals surface area contributed by atoms with Crippen molar-refractivity contribution in [3.8, 4) is 5.75 Å². The fourth-order valence-electron chi connectivity index (χ4n) is 2.26. The molecule has 2 heterocycles. The van der Waals surface area contributed by atoms with Crippen molar-refractivity contribution in [2.45, 2.75) is 13.5 Å². The van der Waals surface area contributed by atoms with E-state index < -0.39 is 5.97 Å². The number of carbonyl (C=O) groups is 1. The van der Waals surface area contributed by atoms with Gasteiger partial charge in [0.2, 0.25) is 0 Å². The Balaban J connectivity index is 1.61. The maximum Gasteiger partial charge on any atom is 0.344 e. The molecule has 0 aliphatic carbocycles. The number of pyridine rings is 1. The highest BCUT2D eigenvalue weighted by Gasteiger charge is 2.09. The third-order valence-corrected chi connectivity index (χ3v) is 4.01. The SMILES string of the molecule is Cc1ccc2nc(COC(=O)COc3ccc(Cl)cc3Cl)cc(=O)n2c1. The minimum absolute atomic E-state index is 0.129. The van der Waals surface area contributed by atoms with Gasteiger partial charge in [-0.3, -0.25) is 9.20 Å². The van der Waals surface area contributed by atoms with Gasteiger partial charge in [-0.25, -0.2) is 9.78 Å². The predicted octanol–water partition coefficient (Wildman–Crippen LogP) is 3.43. The molecule has 8 heteroatoms. The number of fused-ring (bicyclic) bond motifs is 1. The normalized spacial score (nSPS) is 10.7. The Morgan fingerprint density at radius 2 is 2.00 bits per heavy atom. The highest BCUT2D eigenvalue weighted by molar-refractivity contribution is 6.35. The van der Waals surface area contributed by atoms with E-state index in [0.717, 1.165) is 5.56 Å². The van der Waals surface area contributed by atoms with Crippen molar-refractivity contribution in [3.05, 3.63) is 74.3 Å². The molecule has 0 fully saturated rings. The van der Waals surface area contributed by atoms with Gasteiger partial charge >= 0.3 is 5.97 Å². The first-order valence-corrected chi connectivity index (χ1v) is 8.40. The first-order valence-electron chi connectivity index (χ1n) is 7.65. The van der Waals surface area contributed by atoms with E-state index in [-0.39, 0.29) is 18.8 Å². The van der Waals surface area contributed by atoms with Crippen molar-refractivity contribution < 1.29 is 14.3 Å². The van der Waals surface area contributed by atoms with E-state index in [1.165, 1.54) is 16.5 Å². The molecule has 0 spiro atoms. The lowest BCUT2D eigenvalue weighted by atomic mass is 10.3. The molecule has 0 bridgehead atoms. The number of halogens is 2. The molecule has 0 saturated carbocycles. The van der Waals surface area contributed by atoms with Gasteiger partial charge in [-0.1, -0.05) is 29.3 Å². The first-order chi connectivity index (χ1) is 12.4.